The van der Waals surface area contributed by atoms with Crippen molar-refractivity contribution < 1.29 is 5.11 Å². The fraction of sp³-hybridized carbons (Fsp3) is 1.00. The van der Waals surface area contributed by atoms with Crippen molar-refractivity contribution in [1.29, 1.82) is 0 Å². The van der Waals surface area contributed by atoms with Crippen molar-refractivity contribution in [3.05, 3.63) is 0 Å². The number of likely N-dealkylation sites (tertiary alicyclic amines) is 1. The summed E-state index contributed by atoms with van der Waals surface area (Å²) in [5.74, 6) is 0. The third-order valence-corrected chi connectivity index (χ3v) is 2.90. The standard InChI is InChI=1S/C8H15NO.C2H6/c1-9-6-2-3-7(9)8(10)4-5-8;1-2/h7,10H,2-6H2,1H3;1-2H3. The molecule has 0 amide bonds. The van der Waals surface area contributed by atoms with Gasteiger partial charge in [-0.3, -0.25) is 0 Å². The Kier molecular flexibility index (Phi) is 3.13. The van der Waals surface area contributed by atoms with Gasteiger partial charge in [-0.2, -0.15) is 0 Å². The minimum absolute atomic E-state index is 0.273. The maximum Gasteiger partial charge on any atom is 0.0804 e. The Morgan fingerprint density at radius 2 is 1.92 bits per heavy atom. The molecule has 1 aliphatic heterocycles. The maximum atomic E-state index is 9.76. The lowest BCUT2D eigenvalue weighted by Gasteiger charge is -2.24. The van der Waals surface area contributed by atoms with Crippen LogP contribution in [0, 0.1) is 0 Å². The minimum atomic E-state index is -0.273. The number of aliphatic hydroxyl groups is 1. The van der Waals surface area contributed by atoms with Gasteiger partial charge >= 0.3 is 0 Å². The summed E-state index contributed by atoms with van der Waals surface area (Å²) in [5.41, 5.74) is -0.273. The zero-order valence-corrected chi connectivity index (χ0v) is 8.51. The monoisotopic (exact) mass is 171 g/mol. The molecule has 0 aromatic rings. The van der Waals surface area contributed by atoms with Crippen molar-refractivity contribution in [2.45, 2.75) is 51.2 Å². The number of hydrogen-bond donors (Lipinski definition) is 1. The molecule has 0 aromatic heterocycles. The van der Waals surface area contributed by atoms with E-state index in [-0.39, 0.29) is 5.60 Å². The number of hydrogen-bond acceptors (Lipinski definition) is 2. The Morgan fingerprint density at radius 1 is 1.33 bits per heavy atom. The Hall–Kier alpha value is -0.0800. The van der Waals surface area contributed by atoms with Gasteiger partial charge in [0.25, 0.3) is 0 Å². The first-order chi connectivity index (χ1) is 5.72. The molecule has 0 bridgehead atoms. The van der Waals surface area contributed by atoms with Crippen LogP contribution in [-0.2, 0) is 0 Å². The lowest BCUT2D eigenvalue weighted by molar-refractivity contribution is 0.0631. The predicted octanol–water partition coefficient (Wildman–Crippen LogP) is 1.63. The van der Waals surface area contributed by atoms with Crippen LogP contribution in [0.15, 0.2) is 0 Å². The fourth-order valence-corrected chi connectivity index (χ4v) is 2.05. The molecule has 0 spiro atoms. The molecule has 72 valence electrons. The first kappa shape index (κ1) is 10.0. The third kappa shape index (κ3) is 1.80. The van der Waals surface area contributed by atoms with Crippen molar-refractivity contribution in [3.8, 4) is 0 Å². The SMILES string of the molecule is CC.CN1CCCC1C1(O)CC1. The van der Waals surface area contributed by atoms with Gasteiger partial charge in [0, 0.05) is 6.04 Å². The quantitative estimate of drug-likeness (QED) is 0.648. The zero-order chi connectivity index (χ0) is 9.19. The van der Waals surface area contributed by atoms with Gasteiger partial charge in [-0.05, 0) is 39.3 Å². The van der Waals surface area contributed by atoms with Crippen molar-refractivity contribution in [3.63, 3.8) is 0 Å². The van der Waals surface area contributed by atoms with E-state index in [1.807, 2.05) is 13.8 Å². The van der Waals surface area contributed by atoms with Crippen LogP contribution < -0.4 is 0 Å². The Bertz CT molecular complexity index is 143. The van der Waals surface area contributed by atoms with Gasteiger partial charge in [0.2, 0.25) is 0 Å². The van der Waals surface area contributed by atoms with E-state index in [1.165, 1.54) is 19.4 Å². The van der Waals surface area contributed by atoms with E-state index in [0.717, 1.165) is 12.8 Å². The highest BCUT2D eigenvalue weighted by molar-refractivity contribution is 5.05. The van der Waals surface area contributed by atoms with E-state index >= 15 is 0 Å². The summed E-state index contributed by atoms with van der Waals surface area (Å²) in [6, 6.07) is 0.479. The predicted molar refractivity (Wildman–Crippen MR) is 51.2 cm³/mol. The van der Waals surface area contributed by atoms with Gasteiger partial charge in [-0.25, -0.2) is 0 Å². The van der Waals surface area contributed by atoms with Crippen LogP contribution in [0.25, 0.3) is 0 Å². The van der Waals surface area contributed by atoms with Gasteiger partial charge in [0.05, 0.1) is 5.60 Å². The molecule has 2 rings (SSSR count). The topological polar surface area (TPSA) is 23.5 Å². The summed E-state index contributed by atoms with van der Waals surface area (Å²) in [6.07, 6.45) is 4.53. The van der Waals surface area contributed by atoms with E-state index in [4.69, 9.17) is 0 Å². The molecular formula is C10H21NO. The third-order valence-electron chi connectivity index (χ3n) is 2.90. The Labute approximate surface area is 75.6 Å². The molecule has 1 aliphatic carbocycles. The van der Waals surface area contributed by atoms with Crippen LogP contribution in [-0.4, -0.2) is 35.2 Å². The van der Waals surface area contributed by atoms with Crippen molar-refractivity contribution in [1.82, 2.24) is 4.90 Å². The largest absolute Gasteiger partial charge is 0.388 e. The van der Waals surface area contributed by atoms with Gasteiger partial charge in [-0.15, -0.1) is 0 Å². The van der Waals surface area contributed by atoms with Crippen molar-refractivity contribution in [2.75, 3.05) is 13.6 Å². The van der Waals surface area contributed by atoms with Crippen LogP contribution >= 0.6 is 0 Å². The molecule has 1 saturated heterocycles. The molecule has 2 aliphatic rings. The van der Waals surface area contributed by atoms with Crippen LogP contribution in [0.5, 0.6) is 0 Å². The van der Waals surface area contributed by atoms with E-state index in [9.17, 15) is 5.11 Å². The molecule has 12 heavy (non-hydrogen) atoms. The molecule has 2 heteroatoms. The Balaban J connectivity index is 0.000000336. The molecule has 1 saturated carbocycles. The lowest BCUT2D eigenvalue weighted by atomic mass is 10.1. The molecule has 0 radical (unpaired) electrons. The van der Waals surface area contributed by atoms with Gasteiger partial charge in [0.15, 0.2) is 0 Å². The molecule has 2 nitrogen and oxygen atoms in total. The van der Waals surface area contributed by atoms with Gasteiger partial charge in [0.1, 0.15) is 0 Å². The zero-order valence-electron chi connectivity index (χ0n) is 8.51. The van der Waals surface area contributed by atoms with Crippen molar-refractivity contribution in [2.24, 2.45) is 0 Å². The smallest absolute Gasteiger partial charge is 0.0804 e. The molecule has 1 unspecified atom stereocenters. The maximum absolute atomic E-state index is 9.76. The molecular weight excluding hydrogens is 150 g/mol. The van der Waals surface area contributed by atoms with Crippen LogP contribution in [0.2, 0.25) is 0 Å². The van der Waals surface area contributed by atoms with Crippen LogP contribution in [0.1, 0.15) is 39.5 Å². The van der Waals surface area contributed by atoms with E-state index in [0.29, 0.717) is 6.04 Å². The summed E-state index contributed by atoms with van der Waals surface area (Å²) in [4.78, 5) is 2.30. The van der Waals surface area contributed by atoms with E-state index in [2.05, 4.69) is 11.9 Å². The second-order valence-corrected chi connectivity index (χ2v) is 3.74. The number of rotatable bonds is 1. The summed E-state index contributed by atoms with van der Waals surface area (Å²) in [5, 5.41) is 9.76. The van der Waals surface area contributed by atoms with Crippen molar-refractivity contribution >= 4 is 0 Å². The second-order valence-electron chi connectivity index (χ2n) is 3.74. The average Bonchev–Trinajstić information content (AvgIpc) is 2.66. The normalized spacial score (nSPS) is 32.5. The van der Waals surface area contributed by atoms with E-state index in [1.54, 1.807) is 0 Å². The second kappa shape index (κ2) is 3.75. The first-order valence-electron chi connectivity index (χ1n) is 5.15. The minimum Gasteiger partial charge on any atom is -0.388 e. The Morgan fingerprint density at radius 3 is 2.25 bits per heavy atom. The molecule has 0 aromatic carbocycles. The van der Waals surface area contributed by atoms with Crippen LogP contribution in [0.3, 0.4) is 0 Å². The van der Waals surface area contributed by atoms with Crippen LogP contribution in [0.4, 0.5) is 0 Å². The summed E-state index contributed by atoms with van der Waals surface area (Å²) in [7, 11) is 2.12. The molecule has 1 N–H and O–H groups in total. The highest BCUT2D eigenvalue weighted by Crippen LogP contribution is 2.43. The summed E-state index contributed by atoms with van der Waals surface area (Å²) < 4.78 is 0. The fourth-order valence-electron chi connectivity index (χ4n) is 2.05. The highest BCUT2D eigenvalue weighted by Gasteiger charge is 2.50. The van der Waals surface area contributed by atoms with Gasteiger partial charge in [-0.1, -0.05) is 13.8 Å². The van der Waals surface area contributed by atoms with E-state index < -0.39 is 0 Å². The number of likely N-dealkylation sites (N-methyl/N-ethyl adjacent to an activating group) is 1. The molecule has 1 atom stereocenters. The molecule has 1 heterocycles. The summed E-state index contributed by atoms with van der Waals surface area (Å²) >= 11 is 0. The lowest BCUT2D eigenvalue weighted by Crippen LogP contribution is -2.37. The van der Waals surface area contributed by atoms with Gasteiger partial charge < -0.3 is 10.0 Å². The molecule has 2 fully saturated rings. The number of nitrogens with zero attached hydrogens (tertiary/aromatic N) is 1. The average molecular weight is 171 g/mol. The highest BCUT2D eigenvalue weighted by atomic mass is 16.3. The first-order valence-corrected chi connectivity index (χ1v) is 5.15. The summed E-state index contributed by atoms with van der Waals surface area (Å²) in [6.45, 7) is 5.17.